The van der Waals surface area contributed by atoms with Crippen LogP contribution in [0.25, 0.3) is 0 Å². The van der Waals surface area contributed by atoms with Gasteiger partial charge in [0.2, 0.25) is 0 Å². The Morgan fingerprint density at radius 1 is 0.963 bits per heavy atom. The molecule has 2 aromatic carbocycles. The van der Waals surface area contributed by atoms with Crippen LogP contribution >= 0.6 is 0 Å². The topological polar surface area (TPSA) is 29.5 Å². The molecule has 0 bridgehead atoms. The minimum atomic E-state index is 0.325. The normalized spacial score (nSPS) is 11.3. The second-order valence-electron chi connectivity index (χ2n) is 7.36. The van der Waals surface area contributed by atoms with Crippen molar-refractivity contribution in [1.82, 2.24) is 0 Å². The number of aromatic hydroxyl groups is 1. The summed E-state index contributed by atoms with van der Waals surface area (Å²) >= 11 is 0. The lowest BCUT2D eigenvalue weighted by molar-refractivity contribution is 0.400. The second kappa shape index (κ2) is 10.6. The van der Waals surface area contributed by atoms with E-state index in [4.69, 9.17) is 4.74 Å². The maximum absolute atomic E-state index is 10.5. The fraction of sp³-hybridized carbons (Fsp3) is 0.360. The highest BCUT2D eigenvalue weighted by molar-refractivity contribution is 5.48. The van der Waals surface area contributed by atoms with Crippen molar-refractivity contribution in [2.75, 3.05) is 7.11 Å². The van der Waals surface area contributed by atoms with E-state index in [0.29, 0.717) is 12.2 Å². The summed E-state index contributed by atoms with van der Waals surface area (Å²) in [4.78, 5) is 0. The molecule has 0 aromatic heterocycles. The lowest BCUT2D eigenvalue weighted by Gasteiger charge is -2.12. The number of ether oxygens (including phenoxy) is 1. The van der Waals surface area contributed by atoms with Crippen LogP contribution in [0, 0.1) is 0 Å². The first kappa shape index (κ1) is 20.8. The predicted octanol–water partition coefficient (Wildman–Crippen LogP) is 6.42. The van der Waals surface area contributed by atoms with Gasteiger partial charge in [0, 0.05) is 5.56 Å². The van der Waals surface area contributed by atoms with E-state index in [9.17, 15) is 5.11 Å². The molecular weight excluding hydrogens is 332 g/mol. The van der Waals surface area contributed by atoms with Crippen molar-refractivity contribution in [3.63, 3.8) is 0 Å². The summed E-state index contributed by atoms with van der Waals surface area (Å²) < 4.78 is 5.57. The van der Waals surface area contributed by atoms with Gasteiger partial charge in [0.25, 0.3) is 0 Å². The number of allylic oxidation sites excluding steroid dienone is 4. The highest BCUT2D eigenvalue weighted by atomic mass is 16.5. The van der Waals surface area contributed by atoms with Crippen LogP contribution in [0.5, 0.6) is 11.5 Å². The third kappa shape index (κ3) is 6.97. The molecule has 0 fully saturated rings. The van der Waals surface area contributed by atoms with E-state index >= 15 is 0 Å². The van der Waals surface area contributed by atoms with Gasteiger partial charge in [-0.15, -0.1) is 0 Å². The Hall–Kier alpha value is -2.48. The number of phenolic OH excluding ortho intramolecular Hbond substituents is 1. The average Bonchev–Trinajstić information content (AvgIpc) is 2.65. The zero-order chi connectivity index (χ0) is 19.6. The van der Waals surface area contributed by atoms with Gasteiger partial charge in [0.15, 0.2) is 0 Å². The van der Waals surface area contributed by atoms with Crippen LogP contribution in [-0.4, -0.2) is 12.2 Å². The average molecular weight is 365 g/mol. The highest BCUT2D eigenvalue weighted by Crippen LogP contribution is 2.31. The molecule has 0 radical (unpaired) electrons. The molecule has 0 aliphatic rings. The largest absolute Gasteiger partial charge is 0.508 e. The van der Waals surface area contributed by atoms with E-state index in [1.165, 1.54) is 16.7 Å². The lowest BCUT2D eigenvalue weighted by atomic mass is 9.99. The van der Waals surface area contributed by atoms with Crippen molar-refractivity contribution < 1.29 is 9.84 Å². The Bertz CT molecular complexity index is 781. The fourth-order valence-corrected chi connectivity index (χ4v) is 3.12. The Morgan fingerprint density at radius 2 is 1.67 bits per heavy atom. The van der Waals surface area contributed by atoms with Crippen LogP contribution in [0.15, 0.2) is 65.8 Å². The molecule has 1 N–H and O–H groups in total. The molecule has 0 saturated heterocycles. The van der Waals surface area contributed by atoms with Gasteiger partial charge in [-0.1, -0.05) is 53.6 Å². The van der Waals surface area contributed by atoms with Crippen LogP contribution in [0.2, 0.25) is 0 Å². The smallest absolute Gasteiger partial charge is 0.126 e. The van der Waals surface area contributed by atoms with Crippen LogP contribution in [0.1, 0.15) is 50.3 Å². The van der Waals surface area contributed by atoms with Crippen molar-refractivity contribution in [3.8, 4) is 11.5 Å². The van der Waals surface area contributed by atoms with E-state index in [-0.39, 0.29) is 0 Å². The van der Waals surface area contributed by atoms with Gasteiger partial charge in [-0.25, -0.2) is 0 Å². The lowest BCUT2D eigenvalue weighted by Crippen LogP contribution is -1.97. The van der Waals surface area contributed by atoms with Gasteiger partial charge in [-0.2, -0.15) is 0 Å². The molecule has 144 valence electrons. The van der Waals surface area contributed by atoms with Crippen molar-refractivity contribution in [1.29, 1.82) is 0 Å². The van der Waals surface area contributed by atoms with Gasteiger partial charge in [-0.3, -0.25) is 0 Å². The summed E-state index contributed by atoms with van der Waals surface area (Å²) in [6.07, 6.45) is 9.08. The molecule has 2 heteroatoms. The van der Waals surface area contributed by atoms with Crippen LogP contribution in [0.3, 0.4) is 0 Å². The molecule has 0 unspecified atom stereocenters. The first-order valence-corrected chi connectivity index (χ1v) is 9.71. The van der Waals surface area contributed by atoms with E-state index in [1.807, 2.05) is 12.1 Å². The molecule has 0 saturated carbocycles. The number of benzene rings is 2. The van der Waals surface area contributed by atoms with Crippen LogP contribution < -0.4 is 4.74 Å². The SMILES string of the molecule is COc1cc(CCc2ccccc2)cc(O)c1C/C=C(\C)CCC=C(C)C. The third-order valence-corrected chi connectivity index (χ3v) is 4.76. The first-order valence-electron chi connectivity index (χ1n) is 9.71. The molecule has 0 aliphatic carbocycles. The van der Waals surface area contributed by atoms with Gasteiger partial charge in [0.1, 0.15) is 11.5 Å². The maximum Gasteiger partial charge on any atom is 0.126 e. The molecule has 27 heavy (non-hydrogen) atoms. The van der Waals surface area contributed by atoms with Crippen LogP contribution in [-0.2, 0) is 19.3 Å². The van der Waals surface area contributed by atoms with Crippen molar-refractivity contribution in [2.45, 2.75) is 52.9 Å². The van der Waals surface area contributed by atoms with E-state index in [2.05, 4.69) is 63.3 Å². The zero-order valence-corrected chi connectivity index (χ0v) is 17.1. The van der Waals surface area contributed by atoms with Crippen molar-refractivity contribution in [3.05, 3.63) is 82.5 Å². The molecule has 0 aliphatic heterocycles. The molecule has 0 atom stereocenters. The van der Waals surface area contributed by atoms with Gasteiger partial charge in [0.05, 0.1) is 7.11 Å². The highest BCUT2D eigenvalue weighted by Gasteiger charge is 2.10. The Morgan fingerprint density at radius 3 is 2.33 bits per heavy atom. The fourth-order valence-electron chi connectivity index (χ4n) is 3.12. The van der Waals surface area contributed by atoms with Crippen LogP contribution in [0.4, 0.5) is 0 Å². The Balaban J connectivity index is 2.05. The Kier molecular flexibility index (Phi) is 8.19. The monoisotopic (exact) mass is 364 g/mol. The summed E-state index contributed by atoms with van der Waals surface area (Å²) in [6, 6.07) is 14.4. The minimum absolute atomic E-state index is 0.325. The van der Waals surface area contributed by atoms with Gasteiger partial charge in [-0.05, 0) is 76.1 Å². The molecule has 0 heterocycles. The molecule has 2 rings (SSSR count). The molecule has 0 amide bonds. The van der Waals surface area contributed by atoms with Gasteiger partial charge >= 0.3 is 0 Å². The third-order valence-electron chi connectivity index (χ3n) is 4.76. The standard InChI is InChI=1S/C25H32O2/c1-19(2)9-8-10-20(3)13-16-23-24(26)17-22(18-25(23)27-4)15-14-21-11-6-5-7-12-21/h5-7,9,11-13,17-18,26H,8,10,14-16H2,1-4H3/b20-13+. The first-order chi connectivity index (χ1) is 13.0. The van der Waals surface area contributed by atoms with E-state index in [0.717, 1.165) is 42.6 Å². The van der Waals surface area contributed by atoms with Crippen molar-refractivity contribution >= 4 is 0 Å². The quantitative estimate of drug-likeness (QED) is 0.520. The maximum atomic E-state index is 10.5. The molecular formula is C25H32O2. The summed E-state index contributed by atoms with van der Waals surface area (Å²) in [6.45, 7) is 6.40. The number of methoxy groups -OCH3 is 1. The number of aryl methyl sites for hydroxylation is 2. The van der Waals surface area contributed by atoms with E-state index in [1.54, 1.807) is 7.11 Å². The number of hydrogen-bond acceptors (Lipinski definition) is 2. The number of phenols is 1. The summed E-state index contributed by atoms with van der Waals surface area (Å²) in [7, 11) is 1.67. The molecule has 0 spiro atoms. The summed E-state index contributed by atoms with van der Waals surface area (Å²) in [5.41, 5.74) is 5.95. The van der Waals surface area contributed by atoms with E-state index < -0.39 is 0 Å². The molecule has 2 nitrogen and oxygen atoms in total. The zero-order valence-electron chi connectivity index (χ0n) is 17.1. The summed E-state index contributed by atoms with van der Waals surface area (Å²) in [5.74, 6) is 1.09. The number of rotatable bonds is 9. The van der Waals surface area contributed by atoms with Crippen molar-refractivity contribution in [2.24, 2.45) is 0 Å². The second-order valence-corrected chi connectivity index (χ2v) is 7.36. The van der Waals surface area contributed by atoms with Gasteiger partial charge < -0.3 is 9.84 Å². The minimum Gasteiger partial charge on any atom is -0.508 e. The Labute approximate surface area is 164 Å². The molecule has 2 aromatic rings. The summed E-state index contributed by atoms with van der Waals surface area (Å²) in [5, 5.41) is 10.5. The predicted molar refractivity (Wildman–Crippen MR) is 115 cm³/mol. The number of hydrogen-bond donors (Lipinski definition) is 1.